The van der Waals surface area contributed by atoms with Crippen molar-refractivity contribution >= 4 is 33.3 Å². The maximum absolute atomic E-state index is 12.4. The lowest BCUT2D eigenvalue weighted by Gasteiger charge is -2.09. The first-order valence-corrected chi connectivity index (χ1v) is 9.52. The lowest BCUT2D eigenvalue weighted by atomic mass is 10.1. The van der Waals surface area contributed by atoms with E-state index in [-0.39, 0.29) is 34.5 Å². The van der Waals surface area contributed by atoms with E-state index < -0.39 is 5.91 Å². The third-order valence-corrected chi connectivity index (χ3v) is 4.91. The highest BCUT2D eigenvalue weighted by atomic mass is 32.1. The fourth-order valence-corrected chi connectivity index (χ4v) is 3.47. The van der Waals surface area contributed by atoms with Crippen molar-refractivity contribution in [3.05, 3.63) is 69.8 Å². The number of phenols is 1. The van der Waals surface area contributed by atoms with Crippen LogP contribution in [0.2, 0.25) is 0 Å². The number of anilines is 1. The number of hydrogen-bond donors (Lipinski definition) is 2. The minimum atomic E-state index is -0.390. The molecule has 0 saturated heterocycles. The van der Waals surface area contributed by atoms with Crippen LogP contribution in [0.5, 0.6) is 11.5 Å². The first-order valence-electron chi connectivity index (χ1n) is 8.71. The van der Waals surface area contributed by atoms with Crippen LogP contribution in [0.25, 0.3) is 22.3 Å². The number of carbonyl (C=O) groups excluding carboxylic acids is 1. The molecule has 7 nitrogen and oxygen atoms in total. The lowest BCUT2D eigenvalue weighted by Crippen LogP contribution is -2.20. The first-order chi connectivity index (χ1) is 14.0. The summed E-state index contributed by atoms with van der Waals surface area (Å²) < 4.78 is 11.3. The molecule has 4 rings (SSSR count). The standard InChI is InChI=1S/C21H16N2O5S/c1-12-10-22-21(29-12)23-19(26)11-27-14-7-15(24)20-16(25)9-17(28-18(20)8-14)13-5-3-2-4-6-13/h2-10,24H,11H2,1H3,(H,22,23,26). The highest BCUT2D eigenvalue weighted by molar-refractivity contribution is 7.15. The zero-order chi connectivity index (χ0) is 20.4. The first kappa shape index (κ1) is 18.7. The normalized spacial score (nSPS) is 10.8. The molecule has 29 heavy (non-hydrogen) atoms. The number of benzene rings is 2. The molecule has 0 aliphatic carbocycles. The van der Waals surface area contributed by atoms with Gasteiger partial charge in [-0.15, -0.1) is 11.3 Å². The number of hydrogen-bond acceptors (Lipinski definition) is 7. The molecule has 0 radical (unpaired) electrons. The molecule has 8 heteroatoms. The number of phenolic OH excluding ortho intramolecular Hbond substituents is 1. The second-order valence-corrected chi connectivity index (χ2v) is 7.50. The summed E-state index contributed by atoms with van der Waals surface area (Å²) in [6, 6.07) is 13.2. The summed E-state index contributed by atoms with van der Waals surface area (Å²) in [7, 11) is 0. The van der Waals surface area contributed by atoms with Gasteiger partial charge >= 0.3 is 0 Å². The van der Waals surface area contributed by atoms with Gasteiger partial charge in [-0.2, -0.15) is 0 Å². The van der Waals surface area contributed by atoms with Crippen molar-refractivity contribution in [1.29, 1.82) is 0 Å². The molecule has 0 fully saturated rings. The predicted octanol–water partition coefficient (Wildman–Crippen LogP) is 3.95. The average Bonchev–Trinajstić information content (AvgIpc) is 3.11. The number of nitrogens with zero attached hydrogens (tertiary/aromatic N) is 1. The summed E-state index contributed by atoms with van der Waals surface area (Å²) in [5.74, 6) is -0.0920. The molecule has 146 valence electrons. The quantitative estimate of drug-likeness (QED) is 0.519. The molecule has 4 aromatic rings. The minimum absolute atomic E-state index is 0.0553. The Morgan fingerprint density at radius 3 is 2.76 bits per heavy atom. The van der Waals surface area contributed by atoms with Crippen LogP contribution in [0.4, 0.5) is 5.13 Å². The van der Waals surface area contributed by atoms with E-state index in [2.05, 4.69) is 10.3 Å². The van der Waals surface area contributed by atoms with Gasteiger partial charge in [0, 0.05) is 34.8 Å². The van der Waals surface area contributed by atoms with Crippen LogP contribution in [-0.2, 0) is 4.79 Å². The van der Waals surface area contributed by atoms with E-state index in [0.29, 0.717) is 10.9 Å². The molecule has 0 spiro atoms. The summed E-state index contributed by atoms with van der Waals surface area (Å²) in [6.07, 6.45) is 1.66. The van der Waals surface area contributed by atoms with Crippen LogP contribution in [0.1, 0.15) is 4.88 Å². The van der Waals surface area contributed by atoms with Gasteiger partial charge in [-0.05, 0) is 6.92 Å². The number of fused-ring (bicyclic) bond motifs is 1. The summed E-state index contributed by atoms with van der Waals surface area (Å²) in [6.45, 7) is 1.60. The second kappa shape index (κ2) is 7.76. The van der Waals surface area contributed by atoms with E-state index in [0.717, 1.165) is 10.4 Å². The molecule has 0 aliphatic heterocycles. The molecule has 0 bridgehead atoms. The predicted molar refractivity (Wildman–Crippen MR) is 111 cm³/mol. The Kier molecular flexibility index (Phi) is 5.01. The van der Waals surface area contributed by atoms with Crippen molar-refractivity contribution < 1.29 is 19.1 Å². The highest BCUT2D eigenvalue weighted by Gasteiger charge is 2.14. The molecule has 0 saturated carbocycles. The van der Waals surface area contributed by atoms with Gasteiger partial charge in [0.05, 0.1) is 0 Å². The Morgan fingerprint density at radius 2 is 2.03 bits per heavy atom. The number of aromatic hydroxyl groups is 1. The van der Waals surface area contributed by atoms with Crippen molar-refractivity contribution in [2.24, 2.45) is 0 Å². The second-order valence-electron chi connectivity index (χ2n) is 6.27. The van der Waals surface area contributed by atoms with Gasteiger partial charge in [0.1, 0.15) is 28.2 Å². The largest absolute Gasteiger partial charge is 0.507 e. The van der Waals surface area contributed by atoms with Gasteiger partial charge in [0.2, 0.25) is 0 Å². The molecule has 0 unspecified atom stereocenters. The van der Waals surface area contributed by atoms with Gasteiger partial charge in [0.15, 0.2) is 17.2 Å². The minimum Gasteiger partial charge on any atom is -0.507 e. The van der Waals surface area contributed by atoms with Crippen LogP contribution < -0.4 is 15.5 Å². The number of carbonyl (C=O) groups is 1. The molecule has 1 amide bonds. The number of nitrogens with one attached hydrogen (secondary N) is 1. The molecule has 2 aromatic carbocycles. The van der Waals surface area contributed by atoms with Crippen molar-refractivity contribution in [2.75, 3.05) is 11.9 Å². The maximum atomic E-state index is 12.4. The zero-order valence-electron chi connectivity index (χ0n) is 15.3. The zero-order valence-corrected chi connectivity index (χ0v) is 16.2. The van der Waals surface area contributed by atoms with Crippen LogP contribution in [0.15, 0.2) is 63.9 Å². The fourth-order valence-electron chi connectivity index (χ4n) is 2.79. The molecule has 2 aromatic heterocycles. The Bertz CT molecular complexity index is 1250. The van der Waals surface area contributed by atoms with Crippen molar-refractivity contribution in [3.8, 4) is 22.8 Å². The van der Waals surface area contributed by atoms with Crippen molar-refractivity contribution in [2.45, 2.75) is 6.92 Å². The van der Waals surface area contributed by atoms with E-state index in [1.165, 1.54) is 29.5 Å². The molecule has 0 aliphatic rings. The van der Waals surface area contributed by atoms with Gasteiger partial charge in [-0.3, -0.25) is 14.9 Å². The van der Waals surface area contributed by atoms with E-state index in [4.69, 9.17) is 9.15 Å². The van der Waals surface area contributed by atoms with Gasteiger partial charge in [-0.25, -0.2) is 4.98 Å². The number of thiazole rings is 1. The van der Waals surface area contributed by atoms with E-state index in [9.17, 15) is 14.7 Å². The van der Waals surface area contributed by atoms with Crippen LogP contribution in [0.3, 0.4) is 0 Å². The van der Waals surface area contributed by atoms with Crippen LogP contribution in [-0.4, -0.2) is 22.6 Å². The number of aromatic nitrogens is 1. The van der Waals surface area contributed by atoms with Crippen molar-refractivity contribution in [1.82, 2.24) is 4.98 Å². The molecule has 0 atom stereocenters. The molecule has 2 heterocycles. The van der Waals surface area contributed by atoms with E-state index in [1.807, 2.05) is 37.3 Å². The smallest absolute Gasteiger partial charge is 0.264 e. The van der Waals surface area contributed by atoms with Gasteiger partial charge < -0.3 is 14.3 Å². The monoisotopic (exact) mass is 408 g/mol. The number of ether oxygens (including phenoxy) is 1. The average molecular weight is 408 g/mol. The topological polar surface area (TPSA) is 102 Å². The molecular weight excluding hydrogens is 392 g/mol. The lowest BCUT2D eigenvalue weighted by molar-refractivity contribution is -0.118. The van der Waals surface area contributed by atoms with E-state index in [1.54, 1.807) is 6.20 Å². The van der Waals surface area contributed by atoms with E-state index >= 15 is 0 Å². The Morgan fingerprint density at radius 1 is 1.24 bits per heavy atom. The third kappa shape index (κ3) is 4.12. The van der Waals surface area contributed by atoms with Crippen LogP contribution >= 0.6 is 11.3 Å². The summed E-state index contributed by atoms with van der Waals surface area (Å²) >= 11 is 1.35. The summed E-state index contributed by atoms with van der Waals surface area (Å²) in [5.41, 5.74) is 0.531. The van der Waals surface area contributed by atoms with Crippen molar-refractivity contribution in [3.63, 3.8) is 0 Å². The number of amides is 1. The SMILES string of the molecule is Cc1cnc(NC(=O)COc2cc(O)c3c(=O)cc(-c4ccccc4)oc3c2)s1. The highest BCUT2D eigenvalue weighted by Crippen LogP contribution is 2.31. The maximum Gasteiger partial charge on any atom is 0.264 e. The number of aryl methyl sites for hydroxylation is 1. The Hall–Kier alpha value is -3.65. The Labute approximate surface area is 169 Å². The molecule has 2 N–H and O–H groups in total. The Balaban J connectivity index is 1.58. The number of rotatable bonds is 5. The fraction of sp³-hybridized carbons (Fsp3) is 0.0952. The van der Waals surface area contributed by atoms with Gasteiger partial charge in [0.25, 0.3) is 5.91 Å². The third-order valence-electron chi connectivity index (χ3n) is 4.08. The summed E-state index contributed by atoms with van der Waals surface area (Å²) in [4.78, 5) is 29.5. The summed E-state index contributed by atoms with van der Waals surface area (Å²) in [5, 5.41) is 13.4. The van der Waals surface area contributed by atoms with Crippen LogP contribution in [0, 0.1) is 6.92 Å². The molecular formula is C21H16N2O5S. The van der Waals surface area contributed by atoms with Gasteiger partial charge in [-0.1, -0.05) is 30.3 Å².